The molecule has 1 aromatic carbocycles. The van der Waals surface area contributed by atoms with E-state index in [0.717, 1.165) is 18.7 Å². The summed E-state index contributed by atoms with van der Waals surface area (Å²) in [4.78, 5) is 19.0. The van der Waals surface area contributed by atoms with Gasteiger partial charge in [-0.15, -0.1) is 0 Å². The lowest BCUT2D eigenvalue weighted by atomic mass is 10.0. The lowest BCUT2D eigenvalue weighted by molar-refractivity contribution is 0.0934. The minimum atomic E-state index is -0.190. The molecule has 0 aliphatic heterocycles. The molecule has 0 radical (unpaired) electrons. The van der Waals surface area contributed by atoms with Crippen molar-refractivity contribution in [2.75, 3.05) is 6.61 Å². The third kappa shape index (κ3) is 6.89. The van der Waals surface area contributed by atoms with Crippen molar-refractivity contribution < 1.29 is 13.9 Å². The molecule has 0 saturated heterocycles. The second-order valence-electron chi connectivity index (χ2n) is 7.88. The van der Waals surface area contributed by atoms with Crippen molar-refractivity contribution in [2.24, 2.45) is 5.92 Å². The largest absolute Gasteiger partial charge is 0.494 e. The second kappa shape index (κ2) is 11.0. The molecule has 2 unspecified atom stereocenters. The number of carbonyl (C=O) groups is 1. The summed E-state index contributed by atoms with van der Waals surface area (Å²) in [7, 11) is 0. The van der Waals surface area contributed by atoms with Crippen molar-refractivity contribution in [1.82, 2.24) is 15.2 Å². The minimum absolute atomic E-state index is 0.111. The summed E-state index contributed by atoms with van der Waals surface area (Å²) in [6, 6.07) is 8.61. The van der Waals surface area contributed by atoms with Crippen molar-refractivity contribution in [3.05, 3.63) is 47.7 Å². The highest BCUT2D eigenvalue weighted by Crippen LogP contribution is 2.20. The van der Waals surface area contributed by atoms with E-state index >= 15 is 0 Å². The van der Waals surface area contributed by atoms with Gasteiger partial charge in [-0.1, -0.05) is 32.9 Å². The molecule has 0 bridgehead atoms. The number of rotatable bonds is 11. The normalized spacial score (nSPS) is 13.5. The second-order valence-corrected chi connectivity index (χ2v) is 7.88. The number of carbonyl (C=O) groups excluding carboxylic acids is 1. The van der Waals surface area contributed by atoms with E-state index in [2.05, 4.69) is 48.1 Å². The lowest BCUT2D eigenvalue weighted by Crippen LogP contribution is -2.36. The smallest absolute Gasteiger partial charge is 0.273 e. The summed E-state index contributed by atoms with van der Waals surface area (Å²) in [5.41, 5.74) is 1.53. The van der Waals surface area contributed by atoms with Gasteiger partial charge in [0.25, 0.3) is 5.91 Å². The van der Waals surface area contributed by atoms with Crippen LogP contribution in [-0.2, 0) is 13.1 Å². The molecule has 1 aromatic heterocycles. The van der Waals surface area contributed by atoms with Gasteiger partial charge in [0.2, 0.25) is 5.89 Å². The number of aromatic nitrogens is 1. The van der Waals surface area contributed by atoms with Crippen LogP contribution < -0.4 is 10.1 Å². The zero-order valence-corrected chi connectivity index (χ0v) is 18.6. The van der Waals surface area contributed by atoms with E-state index in [0.29, 0.717) is 36.7 Å². The Morgan fingerprint density at radius 2 is 1.83 bits per heavy atom. The van der Waals surface area contributed by atoms with Gasteiger partial charge in [0.1, 0.15) is 12.0 Å². The standard InChI is InChI=1S/C23H35N3O3/c1-7-17(5)24-23(27)21-15-29-22(25-21)14-26(18(6)16(3)4)13-19-9-11-20(12-10-19)28-8-2/h9-12,15-18H,7-8,13-14H2,1-6H3,(H,24,27). The molecule has 1 amide bonds. The number of amides is 1. The van der Waals surface area contributed by atoms with E-state index < -0.39 is 0 Å². The van der Waals surface area contributed by atoms with Gasteiger partial charge in [-0.2, -0.15) is 0 Å². The zero-order valence-electron chi connectivity index (χ0n) is 18.6. The summed E-state index contributed by atoms with van der Waals surface area (Å²) in [5, 5.41) is 2.92. The highest BCUT2D eigenvalue weighted by Gasteiger charge is 2.21. The summed E-state index contributed by atoms with van der Waals surface area (Å²) in [6.07, 6.45) is 2.32. The van der Waals surface area contributed by atoms with Crippen LogP contribution in [0.4, 0.5) is 0 Å². The van der Waals surface area contributed by atoms with Crippen LogP contribution in [0.15, 0.2) is 34.9 Å². The number of oxazole rings is 1. The molecule has 0 spiro atoms. The van der Waals surface area contributed by atoms with Gasteiger partial charge < -0.3 is 14.5 Å². The quantitative estimate of drug-likeness (QED) is 0.594. The lowest BCUT2D eigenvalue weighted by Gasteiger charge is -2.30. The molecule has 1 N–H and O–H groups in total. The van der Waals surface area contributed by atoms with E-state index in [9.17, 15) is 4.79 Å². The molecule has 2 atom stereocenters. The summed E-state index contributed by atoms with van der Waals surface area (Å²) < 4.78 is 11.1. The van der Waals surface area contributed by atoms with Crippen LogP contribution in [0.3, 0.4) is 0 Å². The third-order valence-electron chi connectivity index (χ3n) is 5.27. The van der Waals surface area contributed by atoms with E-state index in [4.69, 9.17) is 9.15 Å². The van der Waals surface area contributed by atoms with Gasteiger partial charge in [0.15, 0.2) is 5.69 Å². The maximum atomic E-state index is 12.3. The first-order chi connectivity index (χ1) is 13.8. The Morgan fingerprint density at radius 3 is 2.41 bits per heavy atom. The van der Waals surface area contributed by atoms with Crippen molar-refractivity contribution in [3.8, 4) is 5.75 Å². The number of hydrogen-bond donors (Lipinski definition) is 1. The molecule has 6 nitrogen and oxygen atoms in total. The molecular weight excluding hydrogens is 366 g/mol. The van der Waals surface area contributed by atoms with Crippen LogP contribution >= 0.6 is 0 Å². The SMILES string of the molecule is CCOc1ccc(CN(Cc2nc(C(=O)NC(C)CC)co2)C(C)C(C)C)cc1. The Hall–Kier alpha value is -2.34. The number of nitrogens with one attached hydrogen (secondary N) is 1. The van der Waals surface area contributed by atoms with E-state index in [1.165, 1.54) is 11.8 Å². The minimum Gasteiger partial charge on any atom is -0.494 e. The van der Waals surface area contributed by atoms with Crippen LogP contribution in [0.2, 0.25) is 0 Å². The Labute approximate surface area is 174 Å². The first kappa shape index (κ1) is 22.9. The Bertz CT molecular complexity index is 755. The zero-order chi connectivity index (χ0) is 21.4. The molecule has 2 aromatic rings. The first-order valence-electron chi connectivity index (χ1n) is 10.5. The molecule has 6 heteroatoms. The van der Waals surface area contributed by atoms with Gasteiger partial charge >= 0.3 is 0 Å². The predicted octanol–water partition coefficient (Wildman–Crippen LogP) is 4.65. The van der Waals surface area contributed by atoms with Gasteiger partial charge in [-0.05, 0) is 50.8 Å². The topological polar surface area (TPSA) is 67.6 Å². The third-order valence-corrected chi connectivity index (χ3v) is 5.27. The van der Waals surface area contributed by atoms with Gasteiger partial charge in [0.05, 0.1) is 13.2 Å². The maximum Gasteiger partial charge on any atom is 0.273 e. The molecule has 29 heavy (non-hydrogen) atoms. The molecule has 0 aliphatic carbocycles. The van der Waals surface area contributed by atoms with Crippen molar-refractivity contribution in [2.45, 2.75) is 73.1 Å². The fraction of sp³-hybridized carbons (Fsp3) is 0.565. The first-order valence-corrected chi connectivity index (χ1v) is 10.5. The number of nitrogens with zero attached hydrogens (tertiary/aromatic N) is 2. The Balaban J connectivity index is 2.10. The number of ether oxygens (including phenoxy) is 1. The van der Waals surface area contributed by atoms with Gasteiger partial charge in [-0.25, -0.2) is 4.98 Å². The van der Waals surface area contributed by atoms with Crippen LogP contribution in [0.5, 0.6) is 5.75 Å². The van der Waals surface area contributed by atoms with E-state index in [1.54, 1.807) is 0 Å². The van der Waals surface area contributed by atoms with Crippen molar-refractivity contribution >= 4 is 5.91 Å². The monoisotopic (exact) mass is 401 g/mol. The number of hydrogen-bond acceptors (Lipinski definition) is 5. The van der Waals surface area contributed by atoms with E-state index in [1.807, 2.05) is 32.9 Å². The van der Waals surface area contributed by atoms with Gasteiger partial charge in [-0.3, -0.25) is 9.69 Å². The fourth-order valence-electron chi connectivity index (χ4n) is 2.92. The Kier molecular flexibility index (Phi) is 8.70. The summed E-state index contributed by atoms with van der Waals surface area (Å²) in [6.45, 7) is 14.6. The predicted molar refractivity (Wildman–Crippen MR) is 115 cm³/mol. The molecule has 0 aliphatic rings. The molecule has 160 valence electrons. The van der Waals surface area contributed by atoms with Crippen LogP contribution in [0.25, 0.3) is 0 Å². The summed E-state index contributed by atoms with van der Waals surface area (Å²) in [5.74, 6) is 1.72. The molecule has 0 fully saturated rings. The van der Waals surface area contributed by atoms with Crippen LogP contribution in [-0.4, -0.2) is 34.5 Å². The maximum absolute atomic E-state index is 12.3. The highest BCUT2D eigenvalue weighted by molar-refractivity contribution is 5.92. The molecule has 1 heterocycles. The average Bonchev–Trinajstić information content (AvgIpc) is 3.17. The highest BCUT2D eigenvalue weighted by atomic mass is 16.5. The van der Waals surface area contributed by atoms with E-state index in [-0.39, 0.29) is 11.9 Å². The summed E-state index contributed by atoms with van der Waals surface area (Å²) >= 11 is 0. The van der Waals surface area contributed by atoms with Crippen LogP contribution in [0, 0.1) is 5.92 Å². The molecular formula is C23H35N3O3. The molecule has 2 rings (SSSR count). The average molecular weight is 402 g/mol. The van der Waals surface area contributed by atoms with Crippen molar-refractivity contribution in [1.29, 1.82) is 0 Å². The Morgan fingerprint density at radius 1 is 1.14 bits per heavy atom. The van der Waals surface area contributed by atoms with Crippen LogP contribution in [0.1, 0.15) is 69.9 Å². The fourth-order valence-corrected chi connectivity index (χ4v) is 2.92. The van der Waals surface area contributed by atoms with Crippen molar-refractivity contribution in [3.63, 3.8) is 0 Å². The van der Waals surface area contributed by atoms with Gasteiger partial charge in [0, 0.05) is 18.6 Å². The molecule has 0 saturated carbocycles. The number of benzene rings is 1.